The highest BCUT2D eigenvalue weighted by molar-refractivity contribution is 5.76. The lowest BCUT2D eigenvalue weighted by molar-refractivity contribution is -0.302. The molecule has 1 aliphatic heterocycles. The fraction of sp³-hybridized carbons (Fsp3) is 0.778. The minimum Gasteiger partial charge on any atom is -0.466 e. The summed E-state index contributed by atoms with van der Waals surface area (Å²) in [4.78, 5) is 25.1. The summed E-state index contributed by atoms with van der Waals surface area (Å²) in [7, 11) is 0. The Morgan fingerprint density at radius 2 is 0.959 bits per heavy atom. The Balaban J connectivity index is 2.04. The third-order valence-corrected chi connectivity index (χ3v) is 13.8. The van der Waals surface area contributed by atoms with Crippen LogP contribution in [0.3, 0.4) is 0 Å². The Morgan fingerprint density at radius 3 is 1.53 bits per heavy atom. The number of ether oxygens (including phenoxy) is 3. The number of esters is 1. The third kappa shape index (κ3) is 41.3. The van der Waals surface area contributed by atoms with Crippen molar-refractivity contribution in [2.75, 3.05) is 19.8 Å². The monoisotopic (exact) mass is 1040 g/mol. The molecule has 0 aromatic heterocycles. The van der Waals surface area contributed by atoms with E-state index >= 15 is 0 Å². The van der Waals surface area contributed by atoms with Gasteiger partial charge in [-0.3, -0.25) is 9.59 Å². The van der Waals surface area contributed by atoms with Gasteiger partial charge in [0, 0.05) is 12.8 Å². The quantitative estimate of drug-likeness (QED) is 0.0149. The van der Waals surface area contributed by atoms with E-state index < -0.39 is 49.5 Å². The van der Waals surface area contributed by atoms with Crippen molar-refractivity contribution in [3.8, 4) is 0 Å². The number of hydrogen-bond acceptors (Lipinski definition) is 10. The molecule has 0 spiro atoms. The second kappa shape index (κ2) is 52.2. The molecule has 0 aromatic rings. The molecule has 1 heterocycles. The van der Waals surface area contributed by atoms with Gasteiger partial charge >= 0.3 is 5.97 Å². The summed E-state index contributed by atoms with van der Waals surface area (Å²) in [6.45, 7) is 4.19. The van der Waals surface area contributed by atoms with Gasteiger partial charge in [-0.2, -0.15) is 0 Å². The Hall–Kier alpha value is -2.90. The first kappa shape index (κ1) is 69.1. The second-order valence-corrected chi connectivity index (χ2v) is 20.7. The Labute approximate surface area is 451 Å². The van der Waals surface area contributed by atoms with E-state index in [2.05, 4.69) is 79.9 Å². The lowest BCUT2D eigenvalue weighted by Crippen LogP contribution is -2.60. The fourth-order valence-corrected chi connectivity index (χ4v) is 8.94. The van der Waals surface area contributed by atoms with Gasteiger partial charge in [0.2, 0.25) is 5.91 Å². The fourth-order valence-electron chi connectivity index (χ4n) is 8.94. The van der Waals surface area contributed by atoms with Crippen molar-refractivity contribution in [2.24, 2.45) is 0 Å². The zero-order chi connectivity index (χ0) is 53.8. The van der Waals surface area contributed by atoms with E-state index in [1.165, 1.54) is 128 Å². The number of rotatable bonds is 51. The number of aliphatic hydroxyl groups is 5. The molecule has 6 N–H and O–H groups in total. The van der Waals surface area contributed by atoms with E-state index in [0.717, 1.165) is 96.3 Å². The first-order chi connectivity index (χ1) is 36.2. The molecule has 428 valence electrons. The molecule has 11 nitrogen and oxygen atoms in total. The average Bonchev–Trinajstić information content (AvgIpc) is 3.40. The van der Waals surface area contributed by atoms with Crippen LogP contribution >= 0.6 is 0 Å². The van der Waals surface area contributed by atoms with E-state index in [0.29, 0.717) is 19.4 Å². The summed E-state index contributed by atoms with van der Waals surface area (Å²) in [5.41, 5.74) is 0. The maximum Gasteiger partial charge on any atom is 0.305 e. The van der Waals surface area contributed by atoms with Gasteiger partial charge in [-0.05, 0) is 109 Å². The molecule has 1 rings (SSSR count). The zero-order valence-electron chi connectivity index (χ0n) is 47.0. The number of unbranched alkanes of at least 4 members (excludes halogenated alkanes) is 28. The normalized spacial score (nSPS) is 19.4. The molecule has 74 heavy (non-hydrogen) atoms. The highest BCUT2D eigenvalue weighted by Crippen LogP contribution is 2.23. The van der Waals surface area contributed by atoms with Gasteiger partial charge < -0.3 is 45.1 Å². The Kier molecular flexibility index (Phi) is 48.7. The number of carbonyl (C=O) groups excluding carboxylic acids is 2. The standard InChI is InChI=1S/C63H111NO10/c1-3-5-7-9-11-13-14-15-16-17-22-25-28-31-35-39-43-47-51-59(68)72-52-48-44-40-36-32-29-26-23-20-18-19-21-24-27-30-34-38-42-46-50-58(67)64-55(56(66)49-45-41-37-33-12-10-8-6-4-2)54-73-63-62(71)61(70)60(69)57(53-65)74-63/h12-14,16-17,23,26,29,32-33,45,49,55-57,60-63,65-66,69-71H,3-11,15,18-22,24-25,27-28,30-31,34-44,46-48,50-54H2,1-2H3,(H,64,67)/b14-13-,17-16-,26-23-,32-29-,33-12+,49-45+. The van der Waals surface area contributed by atoms with Gasteiger partial charge in [0.05, 0.1) is 32.0 Å². The van der Waals surface area contributed by atoms with Crippen LogP contribution in [-0.2, 0) is 23.8 Å². The third-order valence-electron chi connectivity index (χ3n) is 13.8. The van der Waals surface area contributed by atoms with Crippen LogP contribution in [0, 0.1) is 0 Å². The van der Waals surface area contributed by atoms with Crippen LogP contribution in [-0.4, -0.2) is 100 Å². The molecule has 0 saturated carbocycles. The Bertz CT molecular complexity index is 1460. The minimum absolute atomic E-state index is 0.0373. The summed E-state index contributed by atoms with van der Waals surface area (Å²) in [5, 5.41) is 54.1. The minimum atomic E-state index is -1.58. The van der Waals surface area contributed by atoms with E-state index in [1.807, 2.05) is 6.08 Å². The second-order valence-electron chi connectivity index (χ2n) is 20.7. The number of hydrogen-bond donors (Lipinski definition) is 6. The van der Waals surface area contributed by atoms with Crippen LogP contribution in [0.2, 0.25) is 0 Å². The summed E-state index contributed by atoms with van der Waals surface area (Å²) >= 11 is 0. The number of allylic oxidation sites excluding steroid dienone is 11. The molecule has 7 atom stereocenters. The van der Waals surface area contributed by atoms with E-state index in [9.17, 15) is 35.1 Å². The van der Waals surface area contributed by atoms with Crippen LogP contribution in [0.15, 0.2) is 72.9 Å². The van der Waals surface area contributed by atoms with Crippen molar-refractivity contribution in [3.63, 3.8) is 0 Å². The van der Waals surface area contributed by atoms with Crippen LogP contribution < -0.4 is 5.32 Å². The molecule has 7 unspecified atom stereocenters. The van der Waals surface area contributed by atoms with Gasteiger partial charge in [-0.15, -0.1) is 0 Å². The molecule has 0 radical (unpaired) electrons. The van der Waals surface area contributed by atoms with Gasteiger partial charge in [-0.1, -0.05) is 202 Å². The van der Waals surface area contributed by atoms with Gasteiger partial charge in [-0.25, -0.2) is 0 Å². The first-order valence-electron chi connectivity index (χ1n) is 30.2. The lowest BCUT2D eigenvalue weighted by atomic mass is 9.99. The van der Waals surface area contributed by atoms with E-state index in [4.69, 9.17) is 14.2 Å². The predicted octanol–water partition coefficient (Wildman–Crippen LogP) is 14.0. The summed E-state index contributed by atoms with van der Waals surface area (Å²) < 4.78 is 16.6. The highest BCUT2D eigenvalue weighted by Gasteiger charge is 2.44. The van der Waals surface area contributed by atoms with Crippen LogP contribution in [0.4, 0.5) is 0 Å². The van der Waals surface area contributed by atoms with Crippen molar-refractivity contribution in [1.82, 2.24) is 5.32 Å². The van der Waals surface area contributed by atoms with Crippen LogP contribution in [0.1, 0.15) is 251 Å². The first-order valence-corrected chi connectivity index (χ1v) is 30.2. The molecule has 0 aliphatic carbocycles. The van der Waals surface area contributed by atoms with Crippen molar-refractivity contribution in [1.29, 1.82) is 0 Å². The zero-order valence-corrected chi connectivity index (χ0v) is 47.0. The van der Waals surface area contributed by atoms with Gasteiger partial charge in [0.25, 0.3) is 0 Å². The topological polar surface area (TPSA) is 175 Å². The van der Waals surface area contributed by atoms with E-state index in [-0.39, 0.29) is 18.5 Å². The SMILES string of the molecule is CCCCC/C=C/CC/C=C/C(O)C(COC1OC(CO)C(O)C(O)C1O)NC(=O)CCCCCCCCCCCC/C=C\C=C/CCCCCOC(=O)CCCCCCCCC/C=C\C/C=C\CCCCCC. The summed E-state index contributed by atoms with van der Waals surface area (Å²) in [5.74, 6) is -0.244. The highest BCUT2D eigenvalue weighted by atomic mass is 16.7. The van der Waals surface area contributed by atoms with Gasteiger partial charge in [0.1, 0.15) is 24.4 Å². The predicted molar refractivity (Wildman–Crippen MR) is 306 cm³/mol. The molecule has 0 bridgehead atoms. The molecule has 1 aliphatic rings. The molecule has 11 heteroatoms. The molecular weight excluding hydrogens is 931 g/mol. The molecule has 1 fully saturated rings. The number of amides is 1. The van der Waals surface area contributed by atoms with Crippen molar-refractivity contribution in [3.05, 3.63) is 72.9 Å². The number of aliphatic hydroxyl groups excluding tert-OH is 5. The summed E-state index contributed by atoms with van der Waals surface area (Å²) in [6.07, 6.45) is 58.7. The smallest absolute Gasteiger partial charge is 0.305 e. The summed E-state index contributed by atoms with van der Waals surface area (Å²) in [6, 6.07) is -0.836. The largest absolute Gasteiger partial charge is 0.466 e. The van der Waals surface area contributed by atoms with Crippen LogP contribution in [0.25, 0.3) is 0 Å². The maximum atomic E-state index is 13.0. The van der Waals surface area contributed by atoms with E-state index in [1.54, 1.807) is 6.08 Å². The number of nitrogens with one attached hydrogen (secondary N) is 1. The molecule has 1 saturated heterocycles. The van der Waals surface area contributed by atoms with Crippen molar-refractivity contribution in [2.45, 2.75) is 294 Å². The molecule has 0 aromatic carbocycles. The molecular formula is C63H111NO10. The Morgan fingerprint density at radius 1 is 0.514 bits per heavy atom. The van der Waals surface area contributed by atoms with Crippen LogP contribution in [0.5, 0.6) is 0 Å². The molecule has 1 amide bonds. The average molecular weight is 1040 g/mol. The number of carbonyl (C=O) groups is 2. The van der Waals surface area contributed by atoms with Gasteiger partial charge in [0.15, 0.2) is 6.29 Å². The van der Waals surface area contributed by atoms with Crippen molar-refractivity contribution < 1.29 is 49.3 Å². The van der Waals surface area contributed by atoms with Crippen molar-refractivity contribution >= 4 is 11.9 Å². The maximum absolute atomic E-state index is 13.0. The lowest BCUT2D eigenvalue weighted by Gasteiger charge is -2.40.